The zero-order valence-electron chi connectivity index (χ0n) is 7.59. The molecule has 0 heterocycles. The van der Waals surface area contributed by atoms with Crippen molar-refractivity contribution < 1.29 is 9.53 Å². The minimum Gasteiger partial charge on any atom is -0.500 e. The van der Waals surface area contributed by atoms with Gasteiger partial charge in [-0.05, 0) is 24.6 Å². The molecular formula is C10H13O2+. The van der Waals surface area contributed by atoms with E-state index < -0.39 is 0 Å². The van der Waals surface area contributed by atoms with Crippen LogP contribution in [0.1, 0.15) is 19.4 Å². The van der Waals surface area contributed by atoms with Crippen LogP contribution in [0.5, 0.6) is 11.5 Å². The van der Waals surface area contributed by atoms with Crippen molar-refractivity contribution in [2.45, 2.75) is 20.8 Å². The molecule has 0 atom stereocenters. The number of rotatable bonds is 1. The van der Waals surface area contributed by atoms with E-state index in [1.165, 1.54) is 0 Å². The topological polar surface area (TPSA) is 31.5 Å². The van der Waals surface area contributed by atoms with Crippen molar-refractivity contribution in [3.05, 3.63) is 23.8 Å². The molecular weight excluding hydrogens is 152 g/mol. The van der Waals surface area contributed by atoms with Crippen LogP contribution < -0.4 is 0 Å². The van der Waals surface area contributed by atoms with Crippen molar-refractivity contribution in [2.24, 2.45) is 0 Å². The summed E-state index contributed by atoms with van der Waals surface area (Å²) in [5.41, 5.74) is 1.02. The molecule has 1 aromatic rings. The summed E-state index contributed by atoms with van der Waals surface area (Å²) in [6.07, 6.45) is 0. The van der Waals surface area contributed by atoms with Crippen LogP contribution in [0.2, 0.25) is 0 Å². The van der Waals surface area contributed by atoms with Gasteiger partial charge >= 0.3 is 11.5 Å². The fraction of sp³-hybridized carbons (Fsp3) is 0.300. The molecule has 1 rings (SSSR count). The highest BCUT2D eigenvalue weighted by Gasteiger charge is 2.10. The smallest absolute Gasteiger partial charge is 0.393 e. The van der Waals surface area contributed by atoms with Crippen LogP contribution in [0.4, 0.5) is 0 Å². The van der Waals surface area contributed by atoms with E-state index in [9.17, 15) is 5.11 Å². The van der Waals surface area contributed by atoms with Crippen LogP contribution in [0.3, 0.4) is 0 Å². The van der Waals surface area contributed by atoms with Gasteiger partial charge in [0.05, 0.1) is 0 Å². The molecule has 0 saturated carbocycles. The summed E-state index contributed by atoms with van der Waals surface area (Å²) in [5.74, 6) is 1.52. The Morgan fingerprint density at radius 3 is 2.50 bits per heavy atom. The molecule has 0 spiro atoms. The molecule has 0 aliphatic heterocycles. The van der Waals surface area contributed by atoms with Crippen LogP contribution in [0, 0.1) is 6.92 Å². The molecule has 1 aromatic carbocycles. The standard InChI is InChI=1S/C10H12O2/c1-7(2)12-10-5-4-8(3)6-9(10)11/h4-6H,1-3H3/p+1. The molecule has 0 radical (unpaired) electrons. The molecule has 64 valence electrons. The number of phenols is 1. The normalized spacial score (nSPS) is 9.58. The lowest BCUT2D eigenvalue weighted by atomic mass is 10.2. The maximum atomic E-state index is 9.40. The monoisotopic (exact) mass is 165 g/mol. The summed E-state index contributed by atoms with van der Waals surface area (Å²) in [6.45, 7) is 5.62. The van der Waals surface area contributed by atoms with E-state index in [4.69, 9.17) is 4.42 Å². The summed E-state index contributed by atoms with van der Waals surface area (Å²) in [7, 11) is 0. The number of aromatic hydroxyl groups is 1. The highest BCUT2D eigenvalue weighted by Crippen LogP contribution is 2.26. The molecule has 0 fully saturated rings. The van der Waals surface area contributed by atoms with Gasteiger partial charge in [-0.3, -0.25) is 0 Å². The largest absolute Gasteiger partial charge is 0.500 e. The molecule has 2 heteroatoms. The molecule has 0 aliphatic rings. The predicted molar refractivity (Wildman–Crippen MR) is 48.6 cm³/mol. The number of hydrogen-bond donors (Lipinski definition) is 1. The van der Waals surface area contributed by atoms with Crippen molar-refractivity contribution in [3.63, 3.8) is 0 Å². The number of benzene rings is 1. The third-order valence-corrected chi connectivity index (χ3v) is 1.43. The van der Waals surface area contributed by atoms with Gasteiger partial charge in [0.25, 0.3) is 0 Å². The average molecular weight is 165 g/mol. The molecule has 0 amide bonds. The Balaban J connectivity index is 3.10. The van der Waals surface area contributed by atoms with Gasteiger partial charge in [-0.25, -0.2) is 4.42 Å². The van der Waals surface area contributed by atoms with Gasteiger partial charge in [0.2, 0.25) is 5.75 Å². The molecule has 0 bridgehead atoms. The summed E-state index contributed by atoms with van der Waals surface area (Å²) < 4.78 is 5.27. The maximum Gasteiger partial charge on any atom is 0.393 e. The Morgan fingerprint density at radius 1 is 1.33 bits per heavy atom. The third-order valence-electron chi connectivity index (χ3n) is 1.43. The van der Waals surface area contributed by atoms with Crippen molar-refractivity contribution in [1.29, 1.82) is 0 Å². The number of carbonyl (C=O) groups excluding carboxylic acids is 1. The van der Waals surface area contributed by atoms with E-state index in [-0.39, 0.29) is 5.75 Å². The van der Waals surface area contributed by atoms with Crippen molar-refractivity contribution in [3.8, 4) is 11.5 Å². The quantitative estimate of drug-likeness (QED) is 0.637. The summed E-state index contributed by atoms with van der Waals surface area (Å²) in [6, 6.07) is 5.34. The molecule has 0 aromatic heterocycles. The minimum atomic E-state index is 0.191. The first-order valence-electron chi connectivity index (χ1n) is 3.87. The number of ketones is 1. The lowest BCUT2D eigenvalue weighted by Gasteiger charge is -1.91. The lowest BCUT2D eigenvalue weighted by Crippen LogP contribution is -1.83. The van der Waals surface area contributed by atoms with E-state index in [1.807, 2.05) is 26.8 Å². The van der Waals surface area contributed by atoms with Gasteiger partial charge in [0, 0.05) is 19.9 Å². The van der Waals surface area contributed by atoms with Gasteiger partial charge in [-0.15, -0.1) is 0 Å². The SMILES string of the molecule is CC(C)=[O+]c1ccc(C)cc1O. The second kappa shape index (κ2) is 3.39. The Bertz CT molecular complexity index is 310. The van der Waals surface area contributed by atoms with Crippen molar-refractivity contribution in [2.75, 3.05) is 0 Å². The van der Waals surface area contributed by atoms with Crippen LogP contribution in [0.25, 0.3) is 0 Å². The Kier molecular flexibility index (Phi) is 2.48. The van der Waals surface area contributed by atoms with E-state index in [2.05, 4.69) is 0 Å². The van der Waals surface area contributed by atoms with Crippen LogP contribution >= 0.6 is 0 Å². The summed E-state index contributed by atoms with van der Waals surface area (Å²) in [4.78, 5) is 0. The Labute approximate surface area is 72.2 Å². The van der Waals surface area contributed by atoms with E-state index >= 15 is 0 Å². The number of hydrogen-bond acceptors (Lipinski definition) is 1. The molecule has 2 nitrogen and oxygen atoms in total. The second-order valence-electron chi connectivity index (χ2n) is 2.98. The first kappa shape index (κ1) is 8.78. The van der Waals surface area contributed by atoms with Gasteiger partial charge in [0.1, 0.15) is 0 Å². The lowest BCUT2D eigenvalue weighted by molar-refractivity contribution is -0.368. The molecule has 0 unspecified atom stereocenters. The molecule has 1 N–H and O–H groups in total. The molecule has 12 heavy (non-hydrogen) atoms. The fourth-order valence-electron chi connectivity index (χ4n) is 0.934. The van der Waals surface area contributed by atoms with Gasteiger partial charge in [-0.2, -0.15) is 0 Å². The van der Waals surface area contributed by atoms with Crippen molar-refractivity contribution in [1.82, 2.24) is 0 Å². The maximum absolute atomic E-state index is 9.40. The summed E-state index contributed by atoms with van der Waals surface area (Å²) >= 11 is 0. The number of aryl methyl sites for hydroxylation is 1. The highest BCUT2D eigenvalue weighted by atomic mass is 16.4. The van der Waals surface area contributed by atoms with E-state index in [1.54, 1.807) is 12.1 Å². The minimum absolute atomic E-state index is 0.191. The molecule has 0 saturated heterocycles. The summed E-state index contributed by atoms with van der Waals surface area (Å²) in [5, 5.41) is 9.40. The zero-order valence-corrected chi connectivity index (χ0v) is 7.59. The van der Waals surface area contributed by atoms with Gasteiger partial charge in [0.15, 0.2) is 0 Å². The second-order valence-corrected chi connectivity index (χ2v) is 2.98. The third kappa shape index (κ3) is 2.09. The van der Waals surface area contributed by atoms with Gasteiger partial charge in [-0.1, -0.05) is 0 Å². The van der Waals surface area contributed by atoms with E-state index in [0.717, 1.165) is 11.3 Å². The average Bonchev–Trinajstić information content (AvgIpc) is 1.94. The van der Waals surface area contributed by atoms with Crippen LogP contribution in [0.15, 0.2) is 18.2 Å². The zero-order chi connectivity index (χ0) is 9.14. The number of phenolic OH excluding ortho intramolecular Hbond substituents is 1. The first-order valence-corrected chi connectivity index (χ1v) is 3.87. The van der Waals surface area contributed by atoms with Crippen LogP contribution in [-0.4, -0.2) is 10.9 Å². The first-order chi connectivity index (χ1) is 5.59. The van der Waals surface area contributed by atoms with E-state index in [0.29, 0.717) is 5.75 Å². The fourth-order valence-corrected chi connectivity index (χ4v) is 0.934. The predicted octanol–water partition coefficient (Wildman–Crippen LogP) is 2.56. The Hall–Kier alpha value is -1.31. The molecule has 0 aliphatic carbocycles. The van der Waals surface area contributed by atoms with Crippen molar-refractivity contribution >= 4 is 5.78 Å². The Morgan fingerprint density at radius 2 is 2.00 bits per heavy atom. The highest BCUT2D eigenvalue weighted by molar-refractivity contribution is 5.73. The van der Waals surface area contributed by atoms with Gasteiger partial charge < -0.3 is 5.11 Å². The van der Waals surface area contributed by atoms with Crippen LogP contribution in [-0.2, 0) is 4.42 Å².